The molecule has 0 bridgehead atoms. The third kappa shape index (κ3) is 3.28. The number of nitrogens with zero attached hydrogens (tertiary/aromatic N) is 6. The summed E-state index contributed by atoms with van der Waals surface area (Å²) in [5.41, 5.74) is 2.09. The van der Waals surface area contributed by atoms with Crippen LogP contribution >= 0.6 is 22.7 Å². The largest absolute Gasteiger partial charge is 0.461 e. The van der Waals surface area contributed by atoms with Crippen LogP contribution in [0.5, 0.6) is 0 Å². The second kappa shape index (κ2) is 7.53. The summed E-state index contributed by atoms with van der Waals surface area (Å²) >= 11 is 3.11. The highest BCUT2D eigenvalue weighted by Gasteiger charge is 2.31. The van der Waals surface area contributed by atoms with Crippen molar-refractivity contribution in [2.75, 3.05) is 18.1 Å². The lowest BCUT2D eigenvalue weighted by atomic mass is 10.2. The predicted molar refractivity (Wildman–Crippen MR) is 111 cm³/mol. The number of anilines is 1. The molecule has 1 aliphatic rings. The summed E-state index contributed by atoms with van der Waals surface area (Å²) < 4.78 is 6.86. The Labute approximate surface area is 174 Å². The summed E-state index contributed by atoms with van der Waals surface area (Å²) in [4.78, 5) is 18.8. The summed E-state index contributed by atoms with van der Waals surface area (Å²) in [6.07, 6.45) is 2.01. The zero-order chi connectivity index (χ0) is 19.8. The van der Waals surface area contributed by atoms with Gasteiger partial charge in [-0.3, -0.25) is 0 Å². The van der Waals surface area contributed by atoms with Crippen molar-refractivity contribution < 1.29 is 9.53 Å². The Bertz CT molecular complexity index is 1150. The third-order valence-electron chi connectivity index (χ3n) is 4.87. The van der Waals surface area contributed by atoms with E-state index in [-0.39, 0.29) is 12.0 Å². The van der Waals surface area contributed by atoms with Gasteiger partial charge >= 0.3 is 5.97 Å². The summed E-state index contributed by atoms with van der Waals surface area (Å²) in [5.74, 6) is 1.21. The van der Waals surface area contributed by atoms with E-state index in [1.807, 2.05) is 29.0 Å². The lowest BCUT2D eigenvalue weighted by molar-refractivity contribution is 0.0520. The summed E-state index contributed by atoms with van der Waals surface area (Å²) in [5, 5.41) is 20.1. The molecule has 0 amide bonds. The lowest BCUT2D eigenvalue weighted by Gasteiger charge is -2.24. The molecule has 1 fully saturated rings. The standard InChI is InChI=1S/C19H18N6O2S2/c1-2-27-19(26)13-11-29-18(20-13)14-4-3-8-24(14)16-6-5-15-21-22-17(25(15)23-16)12-7-9-28-10-12/h5-7,9-11,14H,2-4,8H2,1H3. The van der Waals surface area contributed by atoms with E-state index < -0.39 is 0 Å². The van der Waals surface area contributed by atoms with Crippen molar-refractivity contribution in [1.29, 1.82) is 0 Å². The van der Waals surface area contributed by atoms with Crippen LogP contribution in [0.4, 0.5) is 5.82 Å². The van der Waals surface area contributed by atoms with Gasteiger partial charge in [0.05, 0.1) is 12.6 Å². The first kappa shape index (κ1) is 18.2. The fourth-order valence-electron chi connectivity index (χ4n) is 3.54. The maximum atomic E-state index is 12.0. The van der Waals surface area contributed by atoms with Crippen molar-refractivity contribution in [1.82, 2.24) is 24.8 Å². The van der Waals surface area contributed by atoms with Gasteiger partial charge in [-0.2, -0.15) is 15.9 Å². The molecule has 0 saturated carbocycles. The van der Waals surface area contributed by atoms with Crippen LogP contribution in [0.3, 0.4) is 0 Å². The maximum Gasteiger partial charge on any atom is 0.357 e. The number of hydrogen-bond donors (Lipinski definition) is 0. The number of ether oxygens (including phenoxy) is 1. The third-order valence-corrected chi connectivity index (χ3v) is 6.50. The van der Waals surface area contributed by atoms with Gasteiger partial charge in [-0.25, -0.2) is 9.78 Å². The van der Waals surface area contributed by atoms with Crippen molar-refractivity contribution >= 4 is 40.1 Å². The Balaban J connectivity index is 1.48. The SMILES string of the molecule is CCOC(=O)c1csc(C2CCCN2c2ccc3nnc(-c4ccsc4)n3n2)n1. The maximum absolute atomic E-state index is 12.0. The fraction of sp³-hybridized carbons (Fsp3) is 0.316. The van der Waals surface area contributed by atoms with Crippen LogP contribution in [0.1, 0.15) is 41.3 Å². The van der Waals surface area contributed by atoms with Crippen molar-refractivity contribution in [2.24, 2.45) is 0 Å². The molecule has 0 aliphatic carbocycles. The summed E-state index contributed by atoms with van der Waals surface area (Å²) in [6.45, 7) is 3.02. The topological polar surface area (TPSA) is 85.5 Å². The molecular formula is C19H18N6O2S2. The number of esters is 1. The van der Waals surface area contributed by atoms with Gasteiger partial charge in [0.2, 0.25) is 0 Å². The van der Waals surface area contributed by atoms with Crippen LogP contribution in [-0.2, 0) is 4.74 Å². The highest BCUT2D eigenvalue weighted by molar-refractivity contribution is 7.10. The average Bonchev–Trinajstić information content (AvgIpc) is 3.53. The van der Waals surface area contributed by atoms with E-state index in [4.69, 9.17) is 9.84 Å². The Morgan fingerprint density at radius 3 is 3.03 bits per heavy atom. The Kier molecular flexibility index (Phi) is 4.72. The molecule has 4 aromatic heterocycles. The molecule has 1 atom stereocenters. The molecular weight excluding hydrogens is 408 g/mol. The number of aromatic nitrogens is 5. The molecule has 5 heterocycles. The van der Waals surface area contributed by atoms with Gasteiger partial charge in [-0.1, -0.05) is 0 Å². The van der Waals surface area contributed by atoms with E-state index in [1.165, 1.54) is 11.3 Å². The molecule has 148 valence electrons. The number of hydrogen-bond acceptors (Lipinski definition) is 9. The fourth-order valence-corrected chi connectivity index (χ4v) is 5.11. The number of thiophene rings is 1. The highest BCUT2D eigenvalue weighted by Crippen LogP contribution is 2.37. The number of carbonyl (C=O) groups excluding carboxylic acids is 1. The summed E-state index contributed by atoms with van der Waals surface area (Å²) in [6, 6.07) is 6.02. The number of rotatable bonds is 5. The van der Waals surface area contributed by atoms with Crippen LogP contribution in [0, 0.1) is 0 Å². The van der Waals surface area contributed by atoms with Crippen molar-refractivity contribution in [3.8, 4) is 11.4 Å². The molecule has 1 aliphatic heterocycles. The first-order valence-corrected chi connectivity index (χ1v) is 11.2. The minimum absolute atomic E-state index is 0.0919. The van der Waals surface area contributed by atoms with Crippen LogP contribution in [-0.4, -0.2) is 43.9 Å². The van der Waals surface area contributed by atoms with E-state index in [0.29, 0.717) is 17.9 Å². The number of carbonyl (C=O) groups is 1. The molecule has 4 aromatic rings. The normalized spacial score (nSPS) is 16.6. The molecule has 5 rings (SSSR count). The van der Waals surface area contributed by atoms with Gasteiger partial charge in [0, 0.05) is 22.9 Å². The van der Waals surface area contributed by atoms with Crippen molar-refractivity contribution in [2.45, 2.75) is 25.8 Å². The van der Waals surface area contributed by atoms with E-state index in [1.54, 1.807) is 28.2 Å². The monoisotopic (exact) mass is 426 g/mol. The van der Waals surface area contributed by atoms with Gasteiger partial charge in [0.1, 0.15) is 10.8 Å². The van der Waals surface area contributed by atoms with Gasteiger partial charge in [0.15, 0.2) is 17.2 Å². The molecule has 10 heteroatoms. The predicted octanol–water partition coefficient (Wildman–Crippen LogP) is 3.83. The first-order valence-electron chi connectivity index (χ1n) is 9.39. The van der Waals surface area contributed by atoms with Gasteiger partial charge < -0.3 is 9.64 Å². The molecule has 0 aromatic carbocycles. The van der Waals surface area contributed by atoms with Gasteiger partial charge in [-0.05, 0) is 43.3 Å². The first-order chi connectivity index (χ1) is 14.2. The number of thiazole rings is 1. The molecule has 8 nitrogen and oxygen atoms in total. The van der Waals surface area contributed by atoms with E-state index in [0.717, 1.165) is 41.6 Å². The quantitative estimate of drug-likeness (QED) is 0.448. The Morgan fingerprint density at radius 2 is 2.21 bits per heavy atom. The van der Waals surface area contributed by atoms with Crippen molar-refractivity contribution in [3.63, 3.8) is 0 Å². The zero-order valence-corrected chi connectivity index (χ0v) is 17.3. The van der Waals surface area contributed by atoms with Crippen LogP contribution in [0.15, 0.2) is 34.3 Å². The van der Waals surface area contributed by atoms with Gasteiger partial charge in [0.25, 0.3) is 0 Å². The second-order valence-corrected chi connectivity index (χ2v) is 8.31. The molecule has 0 spiro atoms. The lowest BCUT2D eigenvalue weighted by Crippen LogP contribution is -2.24. The molecule has 1 unspecified atom stereocenters. The zero-order valence-electron chi connectivity index (χ0n) is 15.7. The van der Waals surface area contributed by atoms with Crippen molar-refractivity contribution in [3.05, 3.63) is 45.0 Å². The minimum Gasteiger partial charge on any atom is -0.461 e. The van der Waals surface area contributed by atoms with Crippen LogP contribution in [0.2, 0.25) is 0 Å². The Morgan fingerprint density at radius 1 is 1.28 bits per heavy atom. The summed E-state index contributed by atoms with van der Waals surface area (Å²) in [7, 11) is 0. The molecule has 0 radical (unpaired) electrons. The second-order valence-electron chi connectivity index (χ2n) is 6.64. The minimum atomic E-state index is -0.371. The molecule has 29 heavy (non-hydrogen) atoms. The van der Waals surface area contributed by atoms with Crippen LogP contribution < -0.4 is 4.90 Å². The van der Waals surface area contributed by atoms with E-state index in [9.17, 15) is 4.79 Å². The Hall–Kier alpha value is -2.85. The smallest absolute Gasteiger partial charge is 0.357 e. The van der Waals surface area contributed by atoms with E-state index in [2.05, 4.69) is 20.1 Å². The van der Waals surface area contributed by atoms with Crippen LogP contribution in [0.25, 0.3) is 17.0 Å². The molecule has 0 N–H and O–H groups in total. The van der Waals surface area contributed by atoms with Gasteiger partial charge in [-0.15, -0.1) is 26.6 Å². The molecule has 1 saturated heterocycles. The van der Waals surface area contributed by atoms with E-state index >= 15 is 0 Å². The average molecular weight is 427 g/mol. The number of fused-ring (bicyclic) bond motifs is 1. The highest BCUT2D eigenvalue weighted by atomic mass is 32.1.